The molecule has 19 heavy (non-hydrogen) atoms. The van der Waals surface area contributed by atoms with Crippen molar-refractivity contribution < 1.29 is 14.6 Å². The van der Waals surface area contributed by atoms with Crippen LogP contribution in [0.5, 0.6) is 5.75 Å². The summed E-state index contributed by atoms with van der Waals surface area (Å²) in [6.45, 7) is 1.96. The molecule has 0 bridgehead atoms. The van der Waals surface area contributed by atoms with Gasteiger partial charge in [-0.1, -0.05) is 18.1 Å². The highest BCUT2D eigenvalue weighted by Gasteiger charge is 2.09. The van der Waals surface area contributed by atoms with E-state index in [2.05, 4.69) is 11.2 Å². The third kappa shape index (κ3) is 6.18. The van der Waals surface area contributed by atoms with E-state index < -0.39 is 5.97 Å². The topological polar surface area (TPSA) is 58.6 Å². The Labute approximate surface area is 117 Å². The van der Waals surface area contributed by atoms with Gasteiger partial charge < -0.3 is 15.2 Å². The molecule has 5 heteroatoms. The van der Waals surface area contributed by atoms with Crippen molar-refractivity contribution in [3.63, 3.8) is 0 Å². The van der Waals surface area contributed by atoms with Gasteiger partial charge in [0.25, 0.3) is 0 Å². The van der Waals surface area contributed by atoms with Gasteiger partial charge in [0, 0.05) is 18.8 Å². The normalized spacial score (nSPS) is 9.84. The molecular weight excluding hydrogens is 262 g/mol. The number of terminal acetylenes is 1. The maximum absolute atomic E-state index is 10.9. The average Bonchev–Trinajstić information content (AvgIpc) is 2.42. The minimum atomic E-state index is -0.978. The molecule has 0 radical (unpaired) electrons. The van der Waals surface area contributed by atoms with E-state index in [0.717, 1.165) is 18.1 Å². The van der Waals surface area contributed by atoms with Crippen molar-refractivity contribution in [1.29, 1.82) is 0 Å². The number of carbonyl (C=O) groups is 1. The van der Waals surface area contributed by atoms with Gasteiger partial charge in [-0.2, -0.15) is 0 Å². The summed E-state index contributed by atoms with van der Waals surface area (Å²) < 4.78 is 5.44. The van der Waals surface area contributed by atoms with Crippen molar-refractivity contribution in [2.24, 2.45) is 0 Å². The molecule has 1 aromatic carbocycles. The summed E-state index contributed by atoms with van der Waals surface area (Å²) >= 11 is 1.70. The van der Waals surface area contributed by atoms with E-state index in [1.807, 2.05) is 0 Å². The van der Waals surface area contributed by atoms with Crippen molar-refractivity contribution in [3.8, 4) is 18.1 Å². The van der Waals surface area contributed by atoms with Crippen LogP contribution in [0.1, 0.15) is 10.4 Å². The van der Waals surface area contributed by atoms with Crippen molar-refractivity contribution in [1.82, 2.24) is 5.32 Å². The molecule has 0 unspecified atom stereocenters. The Morgan fingerprint density at radius 1 is 1.42 bits per heavy atom. The Morgan fingerprint density at radius 3 is 2.95 bits per heavy atom. The molecule has 0 fully saturated rings. The van der Waals surface area contributed by atoms with Crippen molar-refractivity contribution >= 4 is 17.7 Å². The van der Waals surface area contributed by atoms with Crippen molar-refractivity contribution in [3.05, 3.63) is 29.8 Å². The molecule has 1 aromatic rings. The monoisotopic (exact) mass is 279 g/mol. The fourth-order valence-corrected chi connectivity index (χ4v) is 1.95. The highest BCUT2D eigenvalue weighted by Crippen LogP contribution is 2.17. The second-order valence-corrected chi connectivity index (χ2v) is 4.76. The van der Waals surface area contributed by atoms with E-state index in [4.69, 9.17) is 16.3 Å². The number of nitrogens with one attached hydrogen (secondary N) is 1. The zero-order valence-corrected chi connectivity index (χ0v) is 11.4. The van der Waals surface area contributed by atoms with Crippen LogP contribution >= 0.6 is 11.8 Å². The van der Waals surface area contributed by atoms with E-state index in [1.54, 1.807) is 30.0 Å². The molecular formula is C14H17NO3S. The second kappa shape index (κ2) is 9.31. The van der Waals surface area contributed by atoms with Crippen LogP contribution in [0.25, 0.3) is 0 Å². The number of hydrogen-bond acceptors (Lipinski definition) is 4. The van der Waals surface area contributed by atoms with Crippen LogP contribution in [0.15, 0.2) is 24.3 Å². The summed E-state index contributed by atoms with van der Waals surface area (Å²) in [5.41, 5.74) is 0.187. The van der Waals surface area contributed by atoms with Gasteiger partial charge in [0.2, 0.25) is 0 Å². The lowest BCUT2D eigenvalue weighted by atomic mass is 10.2. The summed E-state index contributed by atoms with van der Waals surface area (Å²) in [6, 6.07) is 6.62. The largest absolute Gasteiger partial charge is 0.491 e. The summed E-state index contributed by atoms with van der Waals surface area (Å²) in [4.78, 5) is 10.9. The minimum Gasteiger partial charge on any atom is -0.491 e. The number of rotatable bonds is 9. The smallest absolute Gasteiger partial charge is 0.339 e. The maximum Gasteiger partial charge on any atom is 0.339 e. The third-order valence-electron chi connectivity index (χ3n) is 2.26. The second-order valence-electron chi connectivity index (χ2n) is 3.66. The van der Waals surface area contributed by atoms with E-state index >= 15 is 0 Å². The lowest BCUT2D eigenvalue weighted by molar-refractivity contribution is 0.0692. The van der Waals surface area contributed by atoms with Crippen molar-refractivity contribution in [2.75, 3.05) is 31.2 Å². The Kier molecular flexibility index (Phi) is 7.56. The Bertz CT molecular complexity index is 443. The first-order valence-electron chi connectivity index (χ1n) is 5.92. The van der Waals surface area contributed by atoms with Crippen LogP contribution in [0.2, 0.25) is 0 Å². The van der Waals surface area contributed by atoms with Crippen molar-refractivity contribution in [2.45, 2.75) is 0 Å². The number of hydrogen-bond donors (Lipinski definition) is 2. The highest BCUT2D eigenvalue weighted by atomic mass is 32.2. The lowest BCUT2D eigenvalue weighted by Gasteiger charge is -2.09. The molecule has 0 atom stereocenters. The standard InChI is InChI=1S/C14H17NO3S/c1-2-10-19-11-8-15-7-9-18-13-6-4-3-5-12(13)14(16)17/h1,3-6,15H,7-11H2,(H,16,17). The number of carboxylic acids is 1. The lowest BCUT2D eigenvalue weighted by Crippen LogP contribution is -2.23. The zero-order chi connectivity index (χ0) is 13.9. The summed E-state index contributed by atoms with van der Waals surface area (Å²) in [5, 5.41) is 12.2. The van der Waals surface area contributed by atoms with Gasteiger partial charge >= 0.3 is 5.97 Å². The predicted octanol–water partition coefficient (Wildman–Crippen LogP) is 1.72. The predicted molar refractivity (Wildman–Crippen MR) is 77.9 cm³/mol. The Balaban J connectivity index is 2.19. The van der Waals surface area contributed by atoms with Gasteiger partial charge in [0.15, 0.2) is 0 Å². The fraction of sp³-hybridized carbons (Fsp3) is 0.357. The van der Waals surface area contributed by atoms with E-state index in [1.165, 1.54) is 6.07 Å². The number of benzene rings is 1. The third-order valence-corrected chi connectivity index (χ3v) is 3.13. The number of thioether (sulfide) groups is 1. The van der Waals surface area contributed by atoms with Crippen LogP contribution in [0.4, 0.5) is 0 Å². The SMILES string of the molecule is C#CCSCCNCCOc1ccccc1C(=O)O. The van der Waals surface area contributed by atoms with Gasteiger partial charge in [0.1, 0.15) is 17.9 Å². The van der Waals surface area contributed by atoms with Gasteiger partial charge in [0.05, 0.1) is 5.75 Å². The first kappa shape index (κ1) is 15.4. The first-order chi connectivity index (χ1) is 9.25. The minimum absolute atomic E-state index is 0.187. The highest BCUT2D eigenvalue weighted by molar-refractivity contribution is 7.99. The summed E-state index contributed by atoms with van der Waals surface area (Å²) in [5.74, 6) is 3.67. The average molecular weight is 279 g/mol. The number of para-hydroxylation sites is 1. The molecule has 0 saturated heterocycles. The number of ether oxygens (including phenoxy) is 1. The van der Waals surface area contributed by atoms with Gasteiger partial charge in [-0.15, -0.1) is 18.2 Å². The van der Waals surface area contributed by atoms with Crippen LogP contribution < -0.4 is 10.1 Å². The fourth-order valence-electron chi connectivity index (χ4n) is 1.40. The molecule has 0 aliphatic heterocycles. The van der Waals surface area contributed by atoms with Crippen LogP contribution in [-0.2, 0) is 0 Å². The molecule has 0 heterocycles. The first-order valence-corrected chi connectivity index (χ1v) is 7.08. The zero-order valence-electron chi connectivity index (χ0n) is 10.6. The van der Waals surface area contributed by atoms with Crippen LogP contribution in [-0.4, -0.2) is 42.3 Å². The van der Waals surface area contributed by atoms with E-state index in [-0.39, 0.29) is 5.56 Å². The molecule has 0 amide bonds. The van der Waals surface area contributed by atoms with E-state index in [0.29, 0.717) is 18.9 Å². The number of carboxylic acid groups (broad SMARTS) is 1. The molecule has 0 spiro atoms. The molecule has 102 valence electrons. The molecule has 0 aliphatic rings. The molecule has 1 rings (SSSR count). The maximum atomic E-state index is 10.9. The molecule has 2 N–H and O–H groups in total. The Hall–Kier alpha value is -1.64. The number of aromatic carboxylic acids is 1. The van der Waals surface area contributed by atoms with Gasteiger partial charge in [-0.3, -0.25) is 0 Å². The van der Waals surface area contributed by atoms with Gasteiger partial charge in [-0.05, 0) is 12.1 Å². The molecule has 0 aromatic heterocycles. The van der Waals surface area contributed by atoms with Gasteiger partial charge in [-0.25, -0.2) is 4.79 Å². The molecule has 0 aliphatic carbocycles. The molecule has 4 nitrogen and oxygen atoms in total. The van der Waals surface area contributed by atoms with Crippen LogP contribution in [0, 0.1) is 12.3 Å². The molecule has 0 saturated carbocycles. The van der Waals surface area contributed by atoms with Crippen LogP contribution in [0.3, 0.4) is 0 Å². The quantitative estimate of drug-likeness (QED) is 0.532. The van der Waals surface area contributed by atoms with E-state index in [9.17, 15) is 4.79 Å². The summed E-state index contributed by atoms with van der Waals surface area (Å²) in [6.07, 6.45) is 5.13. The Morgan fingerprint density at radius 2 is 2.21 bits per heavy atom. The summed E-state index contributed by atoms with van der Waals surface area (Å²) in [7, 11) is 0.